The van der Waals surface area contributed by atoms with E-state index in [4.69, 9.17) is 4.74 Å². The van der Waals surface area contributed by atoms with Gasteiger partial charge in [-0.3, -0.25) is 4.79 Å². The standard InChI is InChI=1S/C14H17NO4.K/c1-3-19-12(16)9-10(2)15-13(14(17)18)11-7-5-4-6-8-11;/h4-8,13,15H,2-3,9H2,1H3,(H,17,18);/q;+1/p-1. The van der Waals surface area contributed by atoms with Crippen molar-refractivity contribution >= 4 is 11.9 Å². The van der Waals surface area contributed by atoms with Crippen LogP contribution in [0.1, 0.15) is 24.9 Å². The molecule has 6 heteroatoms. The van der Waals surface area contributed by atoms with Crippen LogP contribution in [0.15, 0.2) is 42.6 Å². The molecule has 102 valence electrons. The molecule has 0 aromatic heterocycles. The third-order valence-electron chi connectivity index (χ3n) is 2.38. The Balaban J connectivity index is 0.00000361. The van der Waals surface area contributed by atoms with Crippen LogP contribution in [0.3, 0.4) is 0 Å². The number of aliphatic carboxylic acids is 1. The quantitative estimate of drug-likeness (QED) is 0.446. The molecule has 1 atom stereocenters. The molecule has 1 aromatic carbocycles. The monoisotopic (exact) mass is 301 g/mol. The van der Waals surface area contributed by atoms with Gasteiger partial charge in [-0.05, 0) is 12.5 Å². The fourth-order valence-corrected chi connectivity index (χ4v) is 1.57. The second kappa shape index (κ2) is 10.1. The van der Waals surface area contributed by atoms with Gasteiger partial charge < -0.3 is 20.0 Å². The molecule has 0 aliphatic rings. The largest absolute Gasteiger partial charge is 1.00 e. The van der Waals surface area contributed by atoms with Gasteiger partial charge in [0.2, 0.25) is 0 Å². The summed E-state index contributed by atoms with van der Waals surface area (Å²) in [6, 6.07) is 7.50. The van der Waals surface area contributed by atoms with Gasteiger partial charge in [0.05, 0.1) is 25.0 Å². The maximum atomic E-state index is 11.3. The van der Waals surface area contributed by atoms with E-state index in [1.807, 2.05) is 0 Å². The van der Waals surface area contributed by atoms with E-state index in [9.17, 15) is 14.7 Å². The van der Waals surface area contributed by atoms with Gasteiger partial charge in [-0.2, -0.15) is 0 Å². The Morgan fingerprint density at radius 2 is 1.95 bits per heavy atom. The molecule has 0 spiro atoms. The van der Waals surface area contributed by atoms with Gasteiger partial charge in [-0.25, -0.2) is 0 Å². The average Bonchev–Trinajstić information content (AvgIpc) is 2.37. The number of hydrogen-bond acceptors (Lipinski definition) is 5. The van der Waals surface area contributed by atoms with Gasteiger partial charge in [-0.1, -0.05) is 36.9 Å². The SMILES string of the molecule is C=C(CC(=O)OCC)NC(C(=O)[O-])c1ccccc1.[K+]. The van der Waals surface area contributed by atoms with Crippen molar-refractivity contribution in [3.63, 3.8) is 0 Å². The van der Waals surface area contributed by atoms with Crippen molar-refractivity contribution in [1.82, 2.24) is 5.32 Å². The molecule has 1 unspecified atom stereocenters. The zero-order valence-corrected chi connectivity index (χ0v) is 14.8. The van der Waals surface area contributed by atoms with Crippen LogP contribution in [0, 0.1) is 0 Å². The molecular weight excluding hydrogens is 285 g/mol. The van der Waals surface area contributed by atoms with Gasteiger partial charge in [0.25, 0.3) is 0 Å². The van der Waals surface area contributed by atoms with Crippen molar-refractivity contribution < 1.29 is 70.8 Å². The van der Waals surface area contributed by atoms with E-state index in [2.05, 4.69) is 11.9 Å². The Hall–Kier alpha value is -0.664. The molecule has 0 saturated heterocycles. The fourth-order valence-electron chi connectivity index (χ4n) is 1.57. The average molecular weight is 301 g/mol. The molecule has 0 amide bonds. The Morgan fingerprint density at radius 3 is 2.45 bits per heavy atom. The van der Waals surface area contributed by atoms with E-state index in [0.29, 0.717) is 5.56 Å². The van der Waals surface area contributed by atoms with E-state index in [0.717, 1.165) is 0 Å². The molecule has 0 fully saturated rings. The number of carbonyl (C=O) groups excluding carboxylic acids is 2. The number of esters is 1. The summed E-state index contributed by atoms with van der Waals surface area (Å²) in [6.45, 7) is 5.59. The van der Waals surface area contributed by atoms with Crippen molar-refractivity contribution in [3.8, 4) is 0 Å². The van der Waals surface area contributed by atoms with E-state index in [1.165, 1.54) is 0 Å². The number of carboxylic acids is 1. The van der Waals surface area contributed by atoms with Gasteiger partial charge in [-0.15, -0.1) is 0 Å². The van der Waals surface area contributed by atoms with E-state index < -0.39 is 18.0 Å². The number of carbonyl (C=O) groups is 2. The van der Waals surface area contributed by atoms with Crippen LogP contribution in [-0.4, -0.2) is 18.5 Å². The Kier molecular flexibility index (Phi) is 9.78. The Morgan fingerprint density at radius 1 is 1.35 bits per heavy atom. The second-order valence-corrected chi connectivity index (χ2v) is 3.89. The molecule has 20 heavy (non-hydrogen) atoms. The third-order valence-corrected chi connectivity index (χ3v) is 2.38. The van der Waals surface area contributed by atoms with Gasteiger partial charge in [0.15, 0.2) is 0 Å². The molecule has 5 nitrogen and oxygen atoms in total. The molecule has 0 radical (unpaired) electrons. The second-order valence-electron chi connectivity index (χ2n) is 3.89. The first-order valence-electron chi connectivity index (χ1n) is 5.90. The molecule has 1 rings (SSSR count). The summed E-state index contributed by atoms with van der Waals surface area (Å²) < 4.78 is 4.76. The van der Waals surface area contributed by atoms with Crippen molar-refractivity contribution in [1.29, 1.82) is 0 Å². The summed E-state index contributed by atoms with van der Waals surface area (Å²) in [6.07, 6.45) is -0.0789. The van der Waals surface area contributed by atoms with Crippen LogP contribution < -0.4 is 61.8 Å². The topological polar surface area (TPSA) is 78.5 Å². The molecule has 0 aliphatic carbocycles. The fraction of sp³-hybridized carbons (Fsp3) is 0.286. The van der Waals surface area contributed by atoms with E-state index in [1.54, 1.807) is 37.3 Å². The molecule has 0 bridgehead atoms. The molecule has 1 N–H and O–H groups in total. The van der Waals surface area contributed by atoms with Crippen LogP contribution in [0.4, 0.5) is 0 Å². The number of ether oxygens (including phenoxy) is 1. The van der Waals surface area contributed by atoms with Crippen molar-refractivity contribution in [2.45, 2.75) is 19.4 Å². The molecular formula is C14H16KNO4. The minimum absolute atomic E-state index is 0. The zero-order valence-electron chi connectivity index (χ0n) is 11.7. The van der Waals surface area contributed by atoms with Crippen LogP contribution in [-0.2, 0) is 14.3 Å². The summed E-state index contributed by atoms with van der Waals surface area (Å²) in [7, 11) is 0. The number of hydrogen-bond donors (Lipinski definition) is 1. The number of nitrogens with one attached hydrogen (secondary N) is 1. The third kappa shape index (κ3) is 6.67. The first kappa shape index (κ1) is 19.3. The Labute approximate surface area is 160 Å². The van der Waals surface area contributed by atoms with Crippen molar-refractivity contribution in [2.75, 3.05) is 6.61 Å². The predicted octanol–water partition coefficient (Wildman–Crippen LogP) is -2.46. The van der Waals surface area contributed by atoms with Crippen LogP contribution in [0.5, 0.6) is 0 Å². The maximum Gasteiger partial charge on any atom is 1.00 e. The van der Waals surface area contributed by atoms with E-state index in [-0.39, 0.29) is 70.1 Å². The minimum Gasteiger partial charge on any atom is -0.548 e. The summed E-state index contributed by atoms with van der Waals surface area (Å²) >= 11 is 0. The van der Waals surface area contributed by atoms with Gasteiger partial charge in [0, 0.05) is 5.70 Å². The minimum atomic E-state index is -1.28. The first-order valence-corrected chi connectivity index (χ1v) is 5.90. The van der Waals surface area contributed by atoms with Crippen LogP contribution in [0.25, 0.3) is 0 Å². The van der Waals surface area contributed by atoms with Gasteiger partial charge in [0.1, 0.15) is 0 Å². The summed E-state index contributed by atoms with van der Waals surface area (Å²) in [5, 5.41) is 13.8. The first-order chi connectivity index (χ1) is 9.04. The van der Waals surface area contributed by atoms with Crippen molar-refractivity contribution in [3.05, 3.63) is 48.2 Å². The zero-order chi connectivity index (χ0) is 14.3. The summed E-state index contributed by atoms with van der Waals surface area (Å²) in [5.74, 6) is -1.73. The number of benzene rings is 1. The van der Waals surface area contributed by atoms with Gasteiger partial charge >= 0.3 is 57.4 Å². The normalized spacial score (nSPS) is 10.8. The molecule has 0 aliphatic heterocycles. The van der Waals surface area contributed by atoms with E-state index >= 15 is 0 Å². The number of carboxylic acid groups (broad SMARTS) is 1. The summed E-state index contributed by atoms with van der Waals surface area (Å²) in [5.41, 5.74) is 0.809. The summed E-state index contributed by atoms with van der Waals surface area (Å²) in [4.78, 5) is 22.4. The molecule has 0 heterocycles. The van der Waals surface area contributed by atoms with Crippen LogP contribution in [0.2, 0.25) is 0 Å². The molecule has 0 saturated carbocycles. The smallest absolute Gasteiger partial charge is 0.548 e. The maximum absolute atomic E-state index is 11.3. The Bertz CT molecular complexity index is 462. The predicted molar refractivity (Wildman–Crippen MR) is 67.7 cm³/mol. The molecule has 1 aromatic rings. The van der Waals surface area contributed by atoms with Crippen LogP contribution >= 0.6 is 0 Å². The number of rotatable bonds is 7. The van der Waals surface area contributed by atoms with Crippen molar-refractivity contribution in [2.24, 2.45) is 0 Å².